The first-order valence-corrected chi connectivity index (χ1v) is 7.01. The molecule has 2 aromatic carbocycles. The fourth-order valence-electron chi connectivity index (χ4n) is 2.07. The second-order valence-electron chi connectivity index (χ2n) is 4.76. The lowest BCUT2D eigenvalue weighted by Crippen LogP contribution is -2.41. The van der Waals surface area contributed by atoms with Crippen LogP contribution < -0.4 is 9.47 Å². The molecule has 2 unspecified atom stereocenters. The summed E-state index contributed by atoms with van der Waals surface area (Å²) in [5.74, 6) is -0.682. The number of carbonyl (C=O) groups is 2. The van der Waals surface area contributed by atoms with E-state index in [9.17, 15) is 9.59 Å². The van der Waals surface area contributed by atoms with Crippen molar-refractivity contribution >= 4 is 11.9 Å². The van der Waals surface area contributed by atoms with Crippen LogP contribution in [0.5, 0.6) is 11.5 Å². The largest absolute Gasteiger partial charge is 0.425 e. The zero-order chi connectivity index (χ0) is 16.1. The fraction of sp³-hybridized carbons (Fsp3) is 0.176. The molecule has 118 valence electrons. The Morgan fingerprint density at radius 1 is 0.739 bits per heavy atom. The monoisotopic (exact) mass is 314 g/mol. The van der Waals surface area contributed by atoms with E-state index in [0.29, 0.717) is 11.5 Å². The molecule has 0 aromatic heterocycles. The van der Waals surface area contributed by atoms with Gasteiger partial charge in [0.05, 0.1) is 0 Å². The highest BCUT2D eigenvalue weighted by Crippen LogP contribution is 2.20. The highest BCUT2D eigenvalue weighted by molar-refractivity contribution is 5.88. The number of esters is 2. The minimum atomic E-state index is -1.16. The van der Waals surface area contributed by atoms with E-state index in [-0.39, 0.29) is 6.79 Å². The number of hydrogen-bond acceptors (Lipinski definition) is 6. The molecule has 1 heterocycles. The van der Waals surface area contributed by atoms with E-state index in [1.807, 2.05) is 0 Å². The van der Waals surface area contributed by atoms with Crippen LogP contribution in [0.15, 0.2) is 60.7 Å². The number of carbonyl (C=O) groups excluding carboxylic acids is 2. The number of hydrogen-bond donors (Lipinski definition) is 0. The molecular formula is C17H14O6. The number of rotatable bonds is 4. The van der Waals surface area contributed by atoms with Gasteiger partial charge in [-0.1, -0.05) is 36.4 Å². The normalized spacial score (nSPS) is 20.0. The predicted molar refractivity (Wildman–Crippen MR) is 78.8 cm³/mol. The van der Waals surface area contributed by atoms with Gasteiger partial charge in [0.1, 0.15) is 18.3 Å². The maximum Gasteiger partial charge on any atom is 0.344 e. The zero-order valence-corrected chi connectivity index (χ0v) is 12.1. The SMILES string of the molecule is O=C(Oc1ccccc1)C1OCOC1C(=O)Oc1ccccc1. The minimum absolute atomic E-state index is 0.177. The average molecular weight is 314 g/mol. The van der Waals surface area contributed by atoms with E-state index in [0.717, 1.165) is 0 Å². The molecule has 2 atom stereocenters. The maximum absolute atomic E-state index is 12.1. The standard InChI is InChI=1S/C17H14O6/c18-16(22-12-7-3-1-4-8-12)14-15(21-11-20-14)17(19)23-13-9-5-2-6-10-13/h1-10,14-15H,11H2. The topological polar surface area (TPSA) is 71.1 Å². The molecule has 6 heteroatoms. The molecule has 6 nitrogen and oxygen atoms in total. The van der Waals surface area contributed by atoms with Crippen molar-refractivity contribution in [3.05, 3.63) is 60.7 Å². The summed E-state index contributed by atoms with van der Waals surface area (Å²) >= 11 is 0. The Hall–Kier alpha value is -2.70. The van der Waals surface area contributed by atoms with Gasteiger partial charge in [0.15, 0.2) is 12.2 Å². The lowest BCUT2D eigenvalue weighted by molar-refractivity contribution is -0.153. The third kappa shape index (κ3) is 3.74. The predicted octanol–water partition coefficient (Wildman–Crippen LogP) is 1.94. The Kier molecular flexibility index (Phi) is 4.65. The first-order valence-electron chi connectivity index (χ1n) is 7.01. The summed E-state index contributed by atoms with van der Waals surface area (Å²) in [5.41, 5.74) is 0. The molecule has 1 fully saturated rings. The number of benzene rings is 2. The van der Waals surface area contributed by atoms with Gasteiger partial charge in [-0.2, -0.15) is 0 Å². The van der Waals surface area contributed by atoms with Crippen molar-refractivity contribution in [2.75, 3.05) is 6.79 Å². The van der Waals surface area contributed by atoms with E-state index in [2.05, 4.69) is 0 Å². The first-order chi connectivity index (χ1) is 11.2. The third-order valence-electron chi connectivity index (χ3n) is 3.16. The van der Waals surface area contributed by atoms with Crippen LogP contribution in [0.3, 0.4) is 0 Å². The molecule has 2 aromatic rings. The van der Waals surface area contributed by atoms with Crippen LogP contribution in [-0.2, 0) is 19.1 Å². The van der Waals surface area contributed by atoms with Crippen molar-refractivity contribution in [2.45, 2.75) is 12.2 Å². The van der Waals surface area contributed by atoms with Gasteiger partial charge in [0.2, 0.25) is 0 Å². The smallest absolute Gasteiger partial charge is 0.344 e. The summed E-state index contributed by atoms with van der Waals surface area (Å²) in [7, 11) is 0. The van der Waals surface area contributed by atoms with Gasteiger partial charge in [0.25, 0.3) is 0 Å². The summed E-state index contributed by atoms with van der Waals surface area (Å²) in [6.45, 7) is -0.177. The van der Waals surface area contributed by atoms with Crippen molar-refractivity contribution in [3.63, 3.8) is 0 Å². The van der Waals surface area contributed by atoms with Crippen LogP contribution in [0.25, 0.3) is 0 Å². The van der Waals surface area contributed by atoms with Gasteiger partial charge in [-0.25, -0.2) is 9.59 Å². The Labute approximate surface area is 132 Å². The average Bonchev–Trinajstić information content (AvgIpc) is 3.06. The highest BCUT2D eigenvalue weighted by Gasteiger charge is 2.43. The van der Waals surface area contributed by atoms with Crippen LogP contribution in [-0.4, -0.2) is 30.9 Å². The second kappa shape index (κ2) is 7.04. The molecule has 0 radical (unpaired) electrons. The summed E-state index contributed by atoms with van der Waals surface area (Å²) in [6, 6.07) is 17.0. The molecular weight excluding hydrogens is 300 g/mol. The van der Waals surface area contributed by atoms with Gasteiger partial charge in [-0.3, -0.25) is 0 Å². The van der Waals surface area contributed by atoms with Gasteiger partial charge in [-0.15, -0.1) is 0 Å². The quantitative estimate of drug-likeness (QED) is 0.634. The number of para-hydroxylation sites is 2. The summed E-state index contributed by atoms with van der Waals surface area (Å²) < 4.78 is 20.7. The zero-order valence-electron chi connectivity index (χ0n) is 12.1. The summed E-state index contributed by atoms with van der Waals surface area (Å²) in [5, 5.41) is 0. The fourth-order valence-corrected chi connectivity index (χ4v) is 2.07. The molecule has 0 bridgehead atoms. The third-order valence-corrected chi connectivity index (χ3v) is 3.16. The maximum atomic E-state index is 12.1. The van der Waals surface area contributed by atoms with Crippen molar-refractivity contribution in [3.8, 4) is 11.5 Å². The van der Waals surface area contributed by atoms with Crippen molar-refractivity contribution in [1.29, 1.82) is 0 Å². The first kappa shape index (κ1) is 15.2. The molecule has 0 saturated carbocycles. The molecule has 0 N–H and O–H groups in total. The Balaban J connectivity index is 1.65. The Morgan fingerprint density at radius 3 is 1.52 bits per heavy atom. The van der Waals surface area contributed by atoms with Crippen LogP contribution in [0.4, 0.5) is 0 Å². The summed E-state index contributed by atoms with van der Waals surface area (Å²) in [6.07, 6.45) is -2.32. The van der Waals surface area contributed by atoms with Gasteiger partial charge < -0.3 is 18.9 Å². The highest BCUT2D eigenvalue weighted by atomic mass is 16.7. The van der Waals surface area contributed by atoms with Crippen LogP contribution >= 0.6 is 0 Å². The second-order valence-corrected chi connectivity index (χ2v) is 4.76. The van der Waals surface area contributed by atoms with E-state index < -0.39 is 24.1 Å². The lowest BCUT2D eigenvalue weighted by Gasteiger charge is -2.14. The van der Waals surface area contributed by atoms with Crippen LogP contribution in [0, 0.1) is 0 Å². The molecule has 23 heavy (non-hydrogen) atoms. The van der Waals surface area contributed by atoms with Gasteiger partial charge in [-0.05, 0) is 24.3 Å². The Bertz CT molecular complexity index is 610. The molecule has 0 spiro atoms. The van der Waals surface area contributed by atoms with Crippen LogP contribution in [0.2, 0.25) is 0 Å². The molecule has 0 aliphatic carbocycles. The molecule has 0 amide bonds. The molecule has 1 saturated heterocycles. The van der Waals surface area contributed by atoms with E-state index in [1.165, 1.54) is 0 Å². The molecule has 1 aliphatic heterocycles. The van der Waals surface area contributed by atoms with E-state index in [1.54, 1.807) is 60.7 Å². The number of ether oxygens (including phenoxy) is 4. The molecule has 3 rings (SSSR count). The van der Waals surface area contributed by atoms with Crippen molar-refractivity contribution in [1.82, 2.24) is 0 Å². The van der Waals surface area contributed by atoms with Crippen LogP contribution in [0.1, 0.15) is 0 Å². The van der Waals surface area contributed by atoms with Crippen molar-refractivity contribution < 1.29 is 28.5 Å². The van der Waals surface area contributed by atoms with E-state index >= 15 is 0 Å². The molecule has 1 aliphatic rings. The summed E-state index contributed by atoms with van der Waals surface area (Å²) in [4.78, 5) is 24.3. The lowest BCUT2D eigenvalue weighted by atomic mass is 10.2. The van der Waals surface area contributed by atoms with E-state index in [4.69, 9.17) is 18.9 Å². The van der Waals surface area contributed by atoms with Gasteiger partial charge >= 0.3 is 11.9 Å². The Morgan fingerprint density at radius 2 is 1.13 bits per heavy atom. The van der Waals surface area contributed by atoms with Gasteiger partial charge in [0, 0.05) is 0 Å². The minimum Gasteiger partial charge on any atom is -0.425 e. The van der Waals surface area contributed by atoms with Crippen molar-refractivity contribution in [2.24, 2.45) is 0 Å².